The Bertz CT molecular complexity index is 817. The number of carbonyl (C=O) groups is 1. The third-order valence-corrected chi connectivity index (χ3v) is 3.66. The summed E-state index contributed by atoms with van der Waals surface area (Å²) in [4.78, 5) is 16.8. The summed E-state index contributed by atoms with van der Waals surface area (Å²) in [5.41, 5.74) is 0.626. The van der Waals surface area contributed by atoms with Gasteiger partial charge in [0, 0.05) is 6.54 Å². The van der Waals surface area contributed by atoms with Crippen LogP contribution in [0.1, 0.15) is 21.5 Å². The van der Waals surface area contributed by atoms with Crippen LogP contribution in [0.15, 0.2) is 36.4 Å². The monoisotopic (exact) mass is 387 g/mol. The second-order valence-electron chi connectivity index (χ2n) is 5.06. The molecule has 2 rings (SSSR count). The Morgan fingerprint density at radius 3 is 2.32 bits per heavy atom. The minimum Gasteiger partial charge on any atom is -0.325 e. The fourth-order valence-electron chi connectivity index (χ4n) is 2.06. The van der Waals surface area contributed by atoms with Gasteiger partial charge in [-0.1, -0.05) is 35.3 Å². The first-order chi connectivity index (χ1) is 11.7. The maximum atomic E-state index is 12.9. The summed E-state index contributed by atoms with van der Waals surface area (Å²) in [5.74, 6) is -0.921. The summed E-state index contributed by atoms with van der Waals surface area (Å²) in [6, 6.07) is 10.3. The van der Waals surface area contributed by atoms with Crippen LogP contribution in [0.3, 0.4) is 0 Å². The highest BCUT2D eigenvalue weighted by molar-refractivity contribution is 6.34. The van der Waals surface area contributed by atoms with E-state index in [0.29, 0.717) is 16.0 Å². The van der Waals surface area contributed by atoms with E-state index in [9.17, 15) is 18.0 Å². The zero-order valence-corrected chi connectivity index (χ0v) is 14.0. The van der Waals surface area contributed by atoms with Gasteiger partial charge in [-0.2, -0.15) is 18.4 Å². The molecule has 0 saturated carbocycles. The molecule has 0 fully saturated rings. The van der Waals surface area contributed by atoms with Gasteiger partial charge in [0.15, 0.2) is 0 Å². The average Bonchev–Trinajstić information content (AvgIpc) is 2.53. The van der Waals surface area contributed by atoms with Crippen molar-refractivity contribution >= 4 is 29.1 Å². The summed E-state index contributed by atoms with van der Waals surface area (Å²) in [6.45, 7) is -1.76. The number of alkyl halides is 3. The van der Waals surface area contributed by atoms with Crippen molar-refractivity contribution in [1.82, 2.24) is 9.88 Å². The molecule has 0 atom stereocenters. The Kier molecular flexibility index (Phi) is 5.88. The molecule has 0 spiro atoms. The van der Waals surface area contributed by atoms with Crippen molar-refractivity contribution in [2.24, 2.45) is 0 Å². The summed E-state index contributed by atoms with van der Waals surface area (Å²) < 4.78 is 38.6. The van der Waals surface area contributed by atoms with Crippen LogP contribution in [0.4, 0.5) is 13.2 Å². The highest BCUT2D eigenvalue weighted by atomic mass is 35.5. The molecule has 0 aliphatic heterocycles. The van der Waals surface area contributed by atoms with Gasteiger partial charge in [0.1, 0.15) is 16.9 Å². The van der Waals surface area contributed by atoms with E-state index in [1.54, 1.807) is 0 Å². The number of nitriles is 1. The van der Waals surface area contributed by atoms with Crippen LogP contribution < -0.4 is 0 Å². The van der Waals surface area contributed by atoms with Gasteiger partial charge in [-0.3, -0.25) is 4.79 Å². The first kappa shape index (κ1) is 19.0. The number of amides is 1. The van der Waals surface area contributed by atoms with Gasteiger partial charge in [-0.25, -0.2) is 4.98 Å². The van der Waals surface area contributed by atoms with Gasteiger partial charge in [0.25, 0.3) is 5.91 Å². The summed E-state index contributed by atoms with van der Waals surface area (Å²) in [7, 11) is 0. The Balaban J connectivity index is 2.31. The topological polar surface area (TPSA) is 57.0 Å². The minimum absolute atomic E-state index is 0.0241. The molecule has 9 heteroatoms. The maximum absolute atomic E-state index is 12.9. The van der Waals surface area contributed by atoms with Crippen molar-refractivity contribution < 1.29 is 18.0 Å². The number of aromatic nitrogens is 1. The van der Waals surface area contributed by atoms with Crippen molar-refractivity contribution in [3.63, 3.8) is 0 Å². The van der Waals surface area contributed by atoms with Crippen molar-refractivity contribution in [1.29, 1.82) is 5.26 Å². The van der Waals surface area contributed by atoms with Gasteiger partial charge in [-0.15, -0.1) is 0 Å². The molecule has 1 amide bonds. The van der Waals surface area contributed by atoms with Gasteiger partial charge in [0.05, 0.1) is 17.2 Å². The zero-order valence-electron chi connectivity index (χ0n) is 12.5. The SMILES string of the molecule is N#Cc1ccc(CN(CC(F)(F)F)C(=O)c2ccc(Cl)nc2Cl)cc1. The lowest BCUT2D eigenvalue weighted by atomic mass is 10.1. The molecule has 0 N–H and O–H groups in total. The third-order valence-electron chi connectivity index (χ3n) is 3.16. The second-order valence-corrected chi connectivity index (χ2v) is 5.80. The van der Waals surface area contributed by atoms with Crippen LogP contribution in [-0.4, -0.2) is 28.5 Å². The van der Waals surface area contributed by atoms with Crippen LogP contribution in [-0.2, 0) is 6.54 Å². The summed E-state index contributed by atoms with van der Waals surface area (Å²) in [6.07, 6.45) is -4.59. The number of benzene rings is 1. The predicted molar refractivity (Wildman–Crippen MR) is 86.2 cm³/mol. The Hall–Kier alpha value is -2.30. The molecule has 130 valence electrons. The lowest BCUT2D eigenvalue weighted by Gasteiger charge is -2.24. The quantitative estimate of drug-likeness (QED) is 0.727. The summed E-state index contributed by atoms with van der Waals surface area (Å²) >= 11 is 11.5. The maximum Gasteiger partial charge on any atom is 0.406 e. The van der Waals surface area contributed by atoms with E-state index in [4.69, 9.17) is 28.5 Å². The van der Waals surface area contributed by atoms with Crippen LogP contribution >= 0.6 is 23.2 Å². The van der Waals surface area contributed by atoms with Crippen LogP contribution in [0.25, 0.3) is 0 Å². The Labute approximate surface area is 151 Å². The van der Waals surface area contributed by atoms with E-state index in [1.165, 1.54) is 36.4 Å². The lowest BCUT2D eigenvalue weighted by Crippen LogP contribution is -2.38. The van der Waals surface area contributed by atoms with E-state index >= 15 is 0 Å². The molecule has 25 heavy (non-hydrogen) atoms. The Morgan fingerprint density at radius 1 is 1.16 bits per heavy atom. The van der Waals surface area contributed by atoms with Gasteiger partial charge in [-0.05, 0) is 29.8 Å². The molecule has 1 aromatic heterocycles. The number of halogens is 5. The minimum atomic E-state index is -4.59. The first-order valence-electron chi connectivity index (χ1n) is 6.87. The standard InChI is InChI=1S/C16H10Cl2F3N3O/c17-13-6-5-12(14(18)23-13)15(25)24(9-16(19,20)21)8-11-3-1-10(7-22)2-4-11/h1-6H,8-9H2. The first-order valence-corrected chi connectivity index (χ1v) is 7.62. The van der Waals surface area contributed by atoms with Gasteiger partial charge >= 0.3 is 6.18 Å². The molecule has 0 saturated heterocycles. The van der Waals surface area contributed by atoms with Crippen molar-refractivity contribution in [3.05, 3.63) is 63.4 Å². The third kappa shape index (κ3) is 5.34. The fourth-order valence-corrected chi connectivity index (χ4v) is 2.49. The van der Waals surface area contributed by atoms with E-state index in [-0.39, 0.29) is 22.4 Å². The number of rotatable bonds is 4. The normalized spacial score (nSPS) is 11.0. The molecule has 4 nitrogen and oxygen atoms in total. The zero-order chi connectivity index (χ0) is 18.6. The highest BCUT2D eigenvalue weighted by Gasteiger charge is 2.34. The van der Waals surface area contributed by atoms with Crippen molar-refractivity contribution in [2.75, 3.05) is 6.54 Å². The number of hydrogen-bond donors (Lipinski definition) is 0. The smallest absolute Gasteiger partial charge is 0.325 e. The van der Waals surface area contributed by atoms with Crippen LogP contribution in [0.2, 0.25) is 10.3 Å². The molecule has 0 aliphatic carbocycles. The van der Waals surface area contributed by atoms with Gasteiger partial charge < -0.3 is 4.90 Å². The average molecular weight is 388 g/mol. The van der Waals surface area contributed by atoms with E-state index < -0.39 is 18.6 Å². The van der Waals surface area contributed by atoms with E-state index in [2.05, 4.69) is 4.98 Å². The molecule has 1 heterocycles. The van der Waals surface area contributed by atoms with E-state index in [1.807, 2.05) is 6.07 Å². The molecule has 0 aliphatic rings. The second kappa shape index (κ2) is 7.72. The molecule has 0 bridgehead atoms. The number of nitrogens with zero attached hydrogens (tertiary/aromatic N) is 3. The Morgan fingerprint density at radius 2 is 1.80 bits per heavy atom. The number of carbonyl (C=O) groups excluding carboxylic acids is 1. The largest absolute Gasteiger partial charge is 0.406 e. The molecular weight excluding hydrogens is 378 g/mol. The molecule has 1 aromatic carbocycles. The predicted octanol–water partition coefficient (Wildman–Crippen LogP) is 4.46. The highest BCUT2D eigenvalue weighted by Crippen LogP contribution is 2.23. The number of pyridine rings is 1. The molecular formula is C16H10Cl2F3N3O. The number of hydrogen-bond acceptors (Lipinski definition) is 3. The van der Waals surface area contributed by atoms with Crippen molar-refractivity contribution in [3.8, 4) is 6.07 Å². The molecule has 2 aromatic rings. The molecule has 0 unspecified atom stereocenters. The molecule has 0 radical (unpaired) electrons. The van der Waals surface area contributed by atoms with Crippen molar-refractivity contribution in [2.45, 2.75) is 12.7 Å². The van der Waals surface area contributed by atoms with E-state index in [0.717, 1.165) is 0 Å². The van der Waals surface area contributed by atoms with Crippen LogP contribution in [0.5, 0.6) is 0 Å². The van der Waals surface area contributed by atoms with Crippen LogP contribution in [0, 0.1) is 11.3 Å². The summed E-state index contributed by atoms with van der Waals surface area (Å²) in [5, 5.41) is 8.51. The fraction of sp³-hybridized carbons (Fsp3) is 0.188. The lowest BCUT2D eigenvalue weighted by molar-refractivity contribution is -0.141. The van der Waals surface area contributed by atoms with Gasteiger partial charge in [0.2, 0.25) is 0 Å².